The predicted octanol–water partition coefficient (Wildman–Crippen LogP) is 7.66. The first kappa shape index (κ1) is 21.7. The summed E-state index contributed by atoms with van der Waals surface area (Å²) in [6, 6.07) is 1.96. The van der Waals surface area contributed by atoms with Crippen LogP contribution < -0.4 is 4.74 Å². The molecular formula is C21H27F5O. The third-order valence-corrected chi connectivity index (χ3v) is 5.19. The van der Waals surface area contributed by atoms with Crippen LogP contribution in [-0.2, 0) is 0 Å². The molecule has 1 aromatic carbocycles. The normalized spacial score (nSPS) is 21.0. The minimum Gasteiger partial charge on any atom is -0.399 e. The lowest BCUT2D eigenvalue weighted by Gasteiger charge is -2.29. The van der Waals surface area contributed by atoms with E-state index in [2.05, 4.69) is 23.8 Å². The smallest absolute Gasteiger partial charge is 0.399 e. The maximum absolute atomic E-state index is 13.9. The van der Waals surface area contributed by atoms with Crippen molar-refractivity contribution >= 4 is 0 Å². The Balaban J connectivity index is 1.84. The first-order chi connectivity index (χ1) is 12.8. The van der Waals surface area contributed by atoms with Crippen LogP contribution in [0.15, 0.2) is 24.3 Å². The van der Waals surface area contributed by atoms with Gasteiger partial charge in [0.2, 0.25) is 5.75 Å². The van der Waals surface area contributed by atoms with Gasteiger partial charge in [0, 0.05) is 0 Å². The molecule has 1 aliphatic carbocycles. The van der Waals surface area contributed by atoms with Crippen molar-refractivity contribution in [3.8, 4) is 5.75 Å². The summed E-state index contributed by atoms with van der Waals surface area (Å²) < 4.78 is 67.9. The molecule has 0 saturated heterocycles. The molecule has 27 heavy (non-hydrogen) atoms. The summed E-state index contributed by atoms with van der Waals surface area (Å²) in [4.78, 5) is 0. The molecule has 0 bridgehead atoms. The fourth-order valence-corrected chi connectivity index (χ4v) is 3.79. The molecule has 1 aromatic rings. The zero-order valence-electron chi connectivity index (χ0n) is 15.6. The third kappa shape index (κ3) is 7.15. The van der Waals surface area contributed by atoms with Crippen LogP contribution in [0.2, 0.25) is 0 Å². The summed E-state index contributed by atoms with van der Waals surface area (Å²) in [5, 5.41) is 0. The SMILES string of the molecule is CCC=CCCCCC1CCC(c2cc(F)c(OC(F)(F)F)c(F)c2)CC1. The van der Waals surface area contributed by atoms with Gasteiger partial charge in [0.25, 0.3) is 0 Å². The van der Waals surface area contributed by atoms with Crippen LogP contribution >= 0.6 is 0 Å². The maximum atomic E-state index is 13.9. The highest BCUT2D eigenvalue weighted by atomic mass is 19.4. The number of rotatable bonds is 8. The topological polar surface area (TPSA) is 9.23 Å². The highest BCUT2D eigenvalue weighted by Crippen LogP contribution is 2.40. The Morgan fingerprint density at radius 1 is 1.00 bits per heavy atom. The number of ether oxygens (including phenoxy) is 1. The van der Waals surface area contributed by atoms with Gasteiger partial charge in [0.15, 0.2) is 11.6 Å². The van der Waals surface area contributed by atoms with Crippen molar-refractivity contribution in [2.45, 2.75) is 77.0 Å². The lowest BCUT2D eigenvalue weighted by Crippen LogP contribution is -2.19. The number of hydrogen-bond donors (Lipinski definition) is 0. The van der Waals surface area contributed by atoms with E-state index in [1.807, 2.05) is 0 Å². The summed E-state index contributed by atoms with van der Waals surface area (Å²) in [7, 11) is 0. The minimum atomic E-state index is -5.12. The Hall–Kier alpha value is -1.59. The van der Waals surface area contributed by atoms with Gasteiger partial charge >= 0.3 is 6.36 Å². The van der Waals surface area contributed by atoms with E-state index in [1.54, 1.807) is 0 Å². The van der Waals surface area contributed by atoms with E-state index >= 15 is 0 Å². The highest BCUT2D eigenvalue weighted by molar-refractivity contribution is 5.33. The van der Waals surface area contributed by atoms with Crippen molar-refractivity contribution in [2.75, 3.05) is 0 Å². The fraction of sp³-hybridized carbons (Fsp3) is 0.619. The molecule has 1 fully saturated rings. The van der Waals surface area contributed by atoms with Crippen LogP contribution in [0.3, 0.4) is 0 Å². The summed E-state index contributed by atoms with van der Waals surface area (Å²) in [5.74, 6) is -3.37. The summed E-state index contributed by atoms with van der Waals surface area (Å²) in [5.41, 5.74) is 0.419. The van der Waals surface area contributed by atoms with E-state index in [9.17, 15) is 22.0 Å². The first-order valence-corrected chi connectivity index (χ1v) is 9.69. The second-order valence-corrected chi connectivity index (χ2v) is 7.24. The molecule has 6 heteroatoms. The maximum Gasteiger partial charge on any atom is 0.573 e. The zero-order valence-corrected chi connectivity index (χ0v) is 15.6. The Labute approximate surface area is 157 Å². The molecule has 0 atom stereocenters. The van der Waals surface area contributed by atoms with E-state index in [4.69, 9.17) is 0 Å². The molecule has 0 unspecified atom stereocenters. The standard InChI is InChI=1S/C21H27F5O/c1-2-3-4-5-6-7-8-15-9-11-16(12-10-15)17-13-18(22)20(19(23)14-17)27-21(24,25)26/h3-4,13-16H,2,5-12H2,1H3. The van der Waals surface area contributed by atoms with Crippen molar-refractivity contribution < 1.29 is 26.7 Å². The van der Waals surface area contributed by atoms with Crippen LogP contribution in [-0.4, -0.2) is 6.36 Å². The average molecular weight is 390 g/mol. The second-order valence-electron chi connectivity index (χ2n) is 7.24. The molecule has 0 aromatic heterocycles. The molecule has 0 radical (unpaired) electrons. The molecular weight excluding hydrogens is 363 g/mol. The van der Waals surface area contributed by atoms with Gasteiger partial charge in [0.1, 0.15) is 0 Å². The summed E-state index contributed by atoms with van der Waals surface area (Å²) >= 11 is 0. The number of allylic oxidation sites excluding steroid dienone is 2. The van der Waals surface area contributed by atoms with Gasteiger partial charge in [-0.25, -0.2) is 8.78 Å². The van der Waals surface area contributed by atoms with Gasteiger partial charge in [-0.1, -0.05) is 31.9 Å². The minimum absolute atomic E-state index is 0.0160. The third-order valence-electron chi connectivity index (χ3n) is 5.19. The lowest BCUT2D eigenvalue weighted by molar-refractivity contribution is -0.276. The fourth-order valence-electron chi connectivity index (χ4n) is 3.79. The van der Waals surface area contributed by atoms with Crippen molar-refractivity contribution in [2.24, 2.45) is 5.92 Å². The van der Waals surface area contributed by atoms with Crippen molar-refractivity contribution in [1.82, 2.24) is 0 Å². The Bertz CT molecular complexity index is 592. The predicted molar refractivity (Wildman–Crippen MR) is 95.6 cm³/mol. The highest BCUT2D eigenvalue weighted by Gasteiger charge is 2.34. The van der Waals surface area contributed by atoms with Crippen LogP contribution in [0.5, 0.6) is 5.75 Å². The van der Waals surface area contributed by atoms with Gasteiger partial charge in [-0.05, 0) is 74.5 Å². The molecule has 0 aliphatic heterocycles. The van der Waals surface area contributed by atoms with Crippen LogP contribution in [0.4, 0.5) is 22.0 Å². The monoisotopic (exact) mass is 390 g/mol. The van der Waals surface area contributed by atoms with E-state index in [0.29, 0.717) is 11.5 Å². The Morgan fingerprint density at radius 2 is 1.63 bits per heavy atom. The van der Waals surface area contributed by atoms with E-state index in [0.717, 1.165) is 57.1 Å². The van der Waals surface area contributed by atoms with Crippen LogP contribution in [0, 0.1) is 17.6 Å². The van der Waals surface area contributed by atoms with Crippen molar-refractivity contribution in [3.63, 3.8) is 0 Å². The van der Waals surface area contributed by atoms with E-state index < -0.39 is 23.7 Å². The van der Waals surface area contributed by atoms with E-state index in [1.165, 1.54) is 12.8 Å². The van der Waals surface area contributed by atoms with Gasteiger partial charge in [-0.3, -0.25) is 0 Å². The van der Waals surface area contributed by atoms with Crippen LogP contribution in [0.25, 0.3) is 0 Å². The molecule has 0 heterocycles. The number of hydrogen-bond acceptors (Lipinski definition) is 1. The van der Waals surface area contributed by atoms with Gasteiger partial charge in [0.05, 0.1) is 0 Å². The molecule has 0 N–H and O–H groups in total. The zero-order chi connectivity index (χ0) is 19.9. The Morgan fingerprint density at radius 3 is 2.19 bits per heavy atom. The van der Waals surface area contributed by atoms with Crippen LogP contribution in [0.1, 0.15) is 76.2 Å². The molecule has 1 nitrogen and oxygen atoms in total. The van der Waals surface area contributed by atoms with Crippen molar-refractivity contribution in [1.29, 1.82) is 0 Å². The number of alkyl halides is 3. The largest absolute Gasteiger partial charge is 0.573 e. The molecule has 0 amide bonds. The molecule has 1 saturated carbocycles. The Kier molecular flexibility index (Phi) is 8.11. The second kappa shape index (κ2) is 10.1. The molecule has 0 spiro atoms. The van der Waals surface area contributed by atoms with Gasteiger partial charge in [-0.2, -0.15) is 0 Å². The number of benzene rings is 1. The quantitative estimate of drug-likeness (QED) is 0.251. The lowest BCUT2D eigenvalue weighted by atomic mass is 9.77. The average Bonchev–Trinajstić information content (AvgIpc) is 2.61. The van der Waals surface area contributed by atoms with E-state index in [-0.39, 0.29) is 5.92 Å². The summed E-state index contributed by atoms with van der Waals surface area (Å²) in [6.07, 6.45) is 8.53. The number of halogens is 5. The molecule has 2 rings (SSSR count). The number of unbranched alkanes of at least 4 members (excludes halogenated alkanes) is 2. The molecule has 1 aliphatic rings. The first-order valence-electron chi connectivity index (χ1n) is 9.69. The van der Waals surface area contributed by atoms with Gasteiger partial charge in [-0.15, -0.1) is 13.2 Å². The summed E-state index contributed by atoms with van der Waals surface area (Å²) in [6.45, 7) is 2.11. The van der Waals surface area contributed by atoms with Crippen molar-refractivity contribution in [3.05, 3.63) is 41.5 Å². The molecule has 152 valence electrons. The van der Waals surface area contributed by atoms with Gasteiger partial charge < -0.3 is 4.74 Å².